The molecule has 0 aliphatic carbocycles. The van der Waals surface area contributed by atoms with Crippen LogP contribution in [-0.2, 0) is 9.53 Å². The second-order valence-electron chi connectivity index (χ2n) is 6.49. The molecule has 2 N–H and O–H groups in total. The second kappa shape index (κ2) is 6.45. The Balaban J connectivity index is 1.48. The number of ether oxygens (including phenoxy) is 1. The Bertz CT molecular complexity index is 599. The van der Waals surface area contributed by atoms with Gasteiger partial charge in [0.1, 0.15) is 0 Å². The molecule has 1 aromatic heterocycles. The quantitative estimate of drug-likeness (QED) is 0.818. The summed E-state index contributed by atoms with van der Waals surface area (Å²) in [5.74, 6) is 0.481. The molecule has 8 heteroatoms. The van der Waals surface area contributed by atoms with Gasteiger partial charge in [0.05, 0.1) is 11.1 Å². The molecule has 0 aromatic carbocycles. The molecular weight excluding hydrogens is 316 g/mol. The fraction of sp³-hybridized carbons (Fsp3) is 0.667. The number of thiazole rings is 1. The standard InChI is InChI=1S/C15H22N4O3S/c1-15(9-19(2)12(15)20)8-16-13(21)18-14-17-11(7-23-14)10-3-5-22-6-4-10/h7,10H,3-6,8-9H2,1-2H3,(H2,16,17,18,21). The SMILES string of the molecule is CN1CC(C)(CNC(=O)Nc2nc(C3CCOCC3)cs2)C1=O. The van der Waals surface area contributed by atoms with Crippen molar-refractivity contribution in [2.75, 3.05) is 38.7 Å². The zero-order valence-electron chi connectivity index (χ0n) is 13.4. The lowest BCUT2D eigenvalue weighted by atomic mass is 9.81. The zero-order valence-corrected chi connectivity index (χ0v) is 14.2. The van der Waals surface area contributed by atoms with Gasteiger partial charge in [-0.3, -0.25) is 10.1 Å². The summed E-state index contributed by atoms with van der Waals surface area (Å²) in [6.45, 7) is 4.40. The molecule has 2 saturated heterocycles. The minimum Gasteiger partial charge on any atom is -0.381 e. The maximum atomic E-state index is 12.0. The molecule has 2 fully saturated rings. The lowest BCUT2D eigenvalue weighted by molar-refractivity contribution is -0.155. The van der Waals surface area contributed by atoms with E-state index in [9.17, 15) is 9.59 Å². The molecule has 126 valence electrons. The molecule has 1 atom stereocenters. The maximum Gasteiger partial charge on any atom is 0.321 e. The van der Waals surface area contributed by atoms with E-state index in [1.807, 2.05) is 12.3 Å². The fourth-order valence-corrected chi connectivity index (χ4v) is 3.89. The summed E-state index contributed by atoms with van der Waals surface area (Å²) in [5, 5.41) is 8.10. The summed E-state index contributed by atoms with van der Waals surface area (Å²) in [6.07, 6.45) is 1.95. The highest BCUT2D eigenvalue weighted by atomic mass is 32.1. The van der Waals surface area contributed by atoms with Gasteiger partial charge >= 0.3 is 6.03 Å². The number of nitrogens with one attached hydrogen (secondary N) is 2. The van der Waals surface area contributed by atoms with Crippen LogP contribution in [0.3, 0.4) is 0 Å². The Labute approximate surface area is 139 Å². The molecule has 1 unspecified atom stereocenters. The van der Waals surface area contributed by atoms with Crippen LogP contribution >= 0.6 is 11.3 Å². The molecule has 1 aromatic rings. The molecule has 0 saturated carbocycles. The molecule has 23 heavy (non-hydrogen) atoms. The van der Waals surface area contributed by atoms with Crippen LogP contribution in [0, 0.1) is 5.41 Å². The second-order valence-corrected chi connectivity index (χ2v) is 7.35. The van der Waals surface area contributed by atoms with Crippen LogP contribution in [0.25, 0.3) is 0 Å². The summed E-state index contributed by atoms with van der Waals surface area (Å²) >= 11 is 1.43. The van der Waals surface area contributed by atoms with Gasteiger partial charge in [-0.2, -0.15) is 0 Å². The zero-order chi connectivity index (χ0) is 16.4. The Kier molecular flexibility index (Phi) is 4.54. The molecule has 2 aliphatic heterocycles. The number of β-lactam (4-membered cyclic amide) rings is 1. The van der Waals surface area contributed by atoms with Crippen LogP contribution in [0.2, 0.25) is 0 Å². The number of carbonyl (C=O) groups is 2. The third-order valence-corrected chi connectivity index (χ3v) is 5.25. The molecule has 3 heterocycles. The molecular formula is C15H22N4O3S. The van der Waals surface area contributed by atoms with Crippen LogP contribution in [0.5, 0.6) is 0 Å². The van der Waals surface area contributed by atoms with Crippen molar-refractivity contribution in [1.82, 2.24) is 15.2 Å². The van der Waals surface area contributed by atoms with Crippen molar-refractivity contribution in [3.05, 3.63) is 11.1 Å². The van der Waals surface area contributed by atoms with Gasteiger partial charge in [-0.1, -0.05) is 0 Å². The van der Waals surface area contributed by atoms with E-state index in [1.54, 1.807) is 11.9 Å². The molecule has 0 bridgehead atoms. The topological polar surface area (TPSA) is 83.6 Å². The van der Waals surface area contributed by atoms with E-state index in [0.717, 1.165) is 31.7 Å². The van der Waals surface area contributed by atoms with Gasteiger partial charge in [-0.05, 0) is 19.8 Å². The van der Waals surface area contributed by atoms with Crippen molar-refractivity contribution in [3.63, 3.8) is 0 Å². The smallest absolute Gasteiger partial charge is 0.321 e. The van der Waals surface area contributed by atoms with E-state index in [0.29, 0.717) is 24.1 Å². The molecule has 2 aliphatic rings. The first kappa shape index (κ1) is 16.2. The number of carbonyl (C=O) groups excluding carboxylic acids is 2. The summed E-state index contributed by atoms with van der Waals surface area (Å²) < 4.78 is 5.35. The van der Waals surface area contributed by atoms with E-state index in [2.05, 4.69) is 15.6 Å². The number of rotatable bonds is 4. The van der Waals surface area contributed by atoms with Crippen LogP contribution in [0.15, 0.2) is 5.38 Å². The third-order valence-electron chi connectivity index (χ3n) is 4.47. The van der Waals surface area contributed by atoms with Crippen LogP contribution < -0.4 is 10.6 Å². The first-order valence-corrected chi connectivity index (χ1v) is 8.69. The predicted octanol–water partition coefficient (Wildman–Crippen LogP) is 1.64. The van der Waals surface area contributed by atoms with E-state index >= 15 is 0 Å². The number of likely N-dealkylation sites (tertiary alicyclic amines) is 1. The maximum absolute atomic E-state index is 12.0. The molecule has 0 radical (unpaired) electrons. The Hall–Kier alpha value is -1.67. The number of amides is 3. The number of urea groups is 1. The number of aromatic nitrogens is 1. The van der Waals surface area contributed by atoms with Crippen molar-refractivity contribution in [1.29, 1.82) is 0 Å². The van der Waals surface area contributed by atoms with Crippen molar-refractivity contribution < 1.29 is 14.3 Å². The molecule has 3 amide bonds. The monoisotopic (exact) mass is 338 g/mol. The number of hydrogen-bond donors (Lipinski definition) is 2. The first-order chi connectivity index (χ1) is 11.0. The van der Waals surface area contributed by atoms with Crippen LogP contribution in [-0.4, -0.2) is 55.2 Å². The lowest BCUT2D eigenvalue weighted by Gasteiger charge is -2.44. The summed E-state index contributed by atoms with van der Waals surface area (Å²) in [6, 6.07) is -0.318. The van der Waals surface area contributed by atoms with Crippen molar-refractivity contribution >= 4 is 28.4 Å². The van der Waals surface area contributed by atoms with Gasteiger partial charge in [0.25, 0.3) is 0 Å². The molecule has 7 nitrogen and oxygen atoms in total. The number of anilines is 1. The Morgan fingerprint density at radius 2 is 2.26 bits per heavy atom. The predicted molar refractivity (Wildman–Crippen MR) is 87.7 cm³/mol. The minimum atomic E-state index is -0.484. The number of nitrogens with zero attached hydrogens (tertiary/aromatic N) is 2. The van der Waals surface area contributed by atoms with E-state index in [4.69, 9.17) is 4.74 Å². The normalized spacial score (nSPS) is 25.1. The third kappa shape index (κ3) is 3.48. The van der Waals surface area contributed by atoms with Gasteiger partial charge in [-0.15, -0.1) is 11.3 Å². The van der Waals surface area contributed by atoms with E-state index < -0.39 is 5.41 Å². The van der Waals surface area contributed by atoms with Gasteiger partial charge < -0.3 is 15.0 Å². The van der Waals surface area contributed by atoms with Crippen LogP contribution in [0.1, 0.15) is 31.4 Å². The van der Waals surface area contributed by atoms with E-state index in [-0.39, 0.29) is 11.9 Å². The average Bonchev–Trinajstić information content (AvgIpc) is 3.02. The van der Waals surface area contributed by atoms with Crippen molar-refractivity contribution in [2.24, 2.45) is 5.41 Å². The van der Waals surface area contributed by atoms with Gasteiger partial charge in [0.2, 0.25) is 5.91 Å². The van der Waals surface area contributed by atoms with Gasteiger partial charge in [0.15, 0.2) is 5.13 Å². The van der Waals surface area contributed by atoms with Crippen molar-refractivity contribution in [3.8, 4) is 0 Å². The highest BCUT2D eigenvalue weighted by molar-refractivity contribution is 7.13. The van der Waals surface area contributed by atoms with Gasteiger partial charge in [0, 0.05) is 44.6 Å². The summed E-state index contributed by atoms with van der Waals surface area (Å²) in [4.78, 5) is 29.9. The van der Waals surface area contributed by atoms with Gasteiger partial charge in [-0.25, -0.2) is 9.78 Å². The highest BCUT2D eigenvalue weighted by Gasteiger charge is 2.46. The molecule has 3 rings (SSSR count). The highest BCUT2D eigenvalue weighted by Crippen LogP contribution is 2.30. The molecule has 0 spiro atoms. The Morgan fingerprint density at radius 3 is 2.91 bits per heavy atom. The summed E-state index contributed by atoms with van der Waals surface area (Å²) in [7, 11) is 1.76. The lowest BCUT2D eigenvalue weighted by Crippen LogP contribution is -2.62. The van der Waals surface area contributed by atoms with Crippen LogP contribution in [0.4, 0.5) is 9.93 Å². The largest absolute Gasteiger partial charge is 0.381 e. The van der Waals surface area contributed by atoms with E-state index in [1.165, 1.54) is 11.3 Å². The fourth-order valence-electron chi connectivity index (χ4n) is 3.11. The summed E-state index contributed by atoms with van der Waals surface area (Å²) in [5.41, 5.74) is 0.541. The first-order valence-electron chi connectivity index (χ1n) is 7.81. The van der Waals surface area contributed by atoms with Crippen molar-refractivity contribution in [2.45, 2.75) is 25.7 Å². The number of hydrogen-bond acceptors (Lipinski definition) is 5. The minimum absolute atomic E-state index is 0.0638. The average molecular weight is 338 g/mol. The Morgan fingerprint density at radius 1 is 1.52 bits per heavy atom.